The first kappa shape index (κ1) is 17.8. The van der Waals surface area contributed by atoms with Crippen molar-refractivity contribution in [2.75, 3.05) is 19.5 Å². The van der Waals surface area contributed by atoms with Gasteiger partial charge in [0.25, 0.3) is 0 Å². The Balaban J connectivity index is 1.76. The van der Waals surface area contributed by atoms with Gasteiger partial charge in [0.05, 0.1) is 25.5 Å². The number of esters is 1. The molecule has 1 amide bonds. The van der Waals surface area contributed by atoms with E-state index in [1.54, 1.807) is 25.6 Å². The quantitative estimate of drug-likeness (QED) is 0.707. The van der Waals surface area contributed by atoms with Crippen LogP contribution in [0.2, 0.25) is 0 Å². The standard InChI is InChI=1S/C21H19N3O4/c1-27-16-9-7-15(8-10-16)24-12-22-20-19(24)17(11-18(25)23-20)13-3-5-14(6-4-13)21(26)28-2/h3-10,12,17H,11H2,1-2H3,(H,23,25). The zero-order valence-corrected chi connectivity index (χ0v) is 15.5. The second kappa shape index (κ2) is 7.19. The van der Waals surface area contributed by atoms with Crippen molar-refractivity contribution in [3.63, 3.8) is 0 Å². The molecule has 0 saturated carbocycles. The average Bonchev–Trinajstić information content (AvgIpc) is 3.16. The number of nitrogens with one attached hydrogen (secondary N) is 1. The first-order chi connectivity index (χ1) is 13.6. The number of rotatable bonds is 4. The van der Waals surface area contributed by atoms with Crippen LogP contribution in [0.5, 0.6) is 5.75 Å². The van der Waals surface area contributed by atoms with Gasteiger partial charge >= 0.3 is 5.97 Å². The summed E-state index contributed by atoms with van der Waals surface area (Å²) in [4.78, 5) is 28.3. The molecule has 2 heterocycles. The fraction of sp³-hybridized carbons (Fsp3) is 0.190. The van der Waals surface area contributed by atoms with Crippen LogP contribution in [0.15, 0.2) is 54.9 Å². The Labute approximate surface area is 161 Å². The Morgan fingerprint density at radius 1 is 1.11 bits per heavy atom. The van der Waals surface area contributed by atoms with E-state index in [0.29, 0.717) is 17.8 Å². The normalized spacial score (nSPS) is 15.5. The maximum atomic E-state index is 12.2. The van der Waals surface area contributed by atoms with Crippen LogP contribution in [0, 0.1) is 0 Å². The van der Waals surface area contributed by atoms with Gasteiger partial charge in [0, 0.05) is 18.0 Å². The molecular formula is C21H19N3O4. The Kier molecular flexibility index (Phi) is 4.57. The number of anilines is 1. The molecular weight excluding hydrogens is 358 g/mol. The molecule has 0 fully saturated rings. The predicted octanol–water partition coefficient (Wildman–Crippen LogP) is 3.14. The molecule has 0 saturated heterocycles. The highest BCUT2D eigenvalue weighted by Crippen LogP contribution is 2.38. The van der Waals surface area contributed by atoms with E-state index < -0.39 is 5.97 Å². The molecule has 3 aromatic rings. The van der Waals surface area contributed by atoms with E-state index in [-0.39, 0.29) is 11.8 Å². The van der Waals surface area contributed by atoms with Gasteiger partial charge in [0.15, 0.2) is 5.82 Å². The molecule has 2 aromatic carbocycles. The summed E-state index contributed by atoms with van der Waals surface area (Å²) in [5.74, 6) is 0.654. The lowest BCUT2D eigenvalue weighted by atomic mass is 9.89. The topological polar surface area (TPSA) is 82.5 Å². The van der Waals surface area contributed by atoms with Crippen LogP contribution in [-0.2, 0) is 9.53 Å². The number of hydrogen-bond acceptors (Lipinski definition) is 5. The van der Waals surface area contributed by atoms with Crippen molar-refractivity contribution < 1.29 is 19.1 Å². The molecule has 7 heteroatoms. The van der Waals surface area contributed by atoms with E-state index >= 15 is 0 Å². The minimum Gasteiger partial charge on any atom is -0.497 e. The third-order valence-corrected chi connectivity index (χ3v) is 4.87. The zero-order valence-electron chi connectivity index (χ0n) is 15.5. The molecule has 0 aliphatic carbocycles. The Hall–Kier alpha value is -3.61. The Bertz CT molecular complexity index is 1020. The van der Waals surface area contributed by atoms with Gasteiger partial charge < -0.3 is 19.4 Å². The highest BCUT2D eigenvalue weighted by molar-refractivity contribution is 5.94. The molecule has 0 bridgehead atoms. The summed E-state index contributed by atoms with van der Waals surface area (Å²) in [5.41, 5.74) is 3.21. The zero-order chi connectivity index (χ0) is 19.7. The first-order valence-corrected chi connectivity index (χ1v) is 8.80. The molecule has 28 heavy (non-hydrogen) atoms. The van der Waals surface area contributed by atoms with E-state index in [1.165, 1.54) is 7.11 Å². The molecule has 1 unspecified atom stereocenters. The lowest BCUT2D eigenvalue weighted by molar-refractivity contribution is -0.116. The third kappa shape index (κ3) is 3.11. The minimum atomic E-state index is -0.392. The summed E-state index contributed by atoms with van der Waals surface area (Å²) in [6.45, 7) is 0. The van der Waals surface area contributed by atoms with Crippen molar-refractivity contribution in [1.82, 2.24) is 9.55 Å². The van der Waals surface area contributed by atoms with Crippen molar-refractivity contribution in [3.05, 3.63) is 71.7 Å². The fourth-order valence-corrected chi connectivity index (χ4v) is 3.45. The van der Waals surface area contributed by atoms with Gasteiger partial charge in [-0.15, -0.1) is 0 Å². The Morgan fingerprint density at radius 3 is 2.46 bits per heavy atom. The number of ether oxygens (including phenoxy) is 2. The van der Waals surface area contributed by atoms with Crippen molar-refractivity contribution in [3.8, 4) is 11.4 Å². The molecule has 1 atom stereocenters. The monoisotopic (exact) mass is 377 g/mol. The van der Waals surface area contributed by atoms with Crippen molar-refractivity contribution in [1.29, 1.82) is 0 Å². The number of nitrogens with zero attached hydrogens (tertiary/aromatic N) is 2. The van der Waals surface area contributed by atoms with Crippen molar-refractivity contribution in [2.45, 2.75) is 12.3 Å². The van der Waals surface area contributed by atoms with E-state index in [1.807, 2.05) is 41.0 Å². The number of hydrogen-bond donors (Lipinski definition) is 1. The van der Waals surface area contributed by atoms with Crippen LogP contribution >= 0.6 is 0 Å². The molecule has 0 spiro atoms. The average molecular weight is 377 g/mol. The number of aromatic nitrogens is 2. The van der Waals surface area contributed by atoms with E-state index in [0.717, 1.165) is 22.7 Å². The van der Waals surface area contributed by atoms with Crippen LogP contribution in [0.25, 0.3) is 5.69 Å². The smallest absolute Gasteiger partial charge is 0.337 e. The largest absolute Gasteiger partial charge is 0.497 e. The summed E-state index contributed by atoms with van der Waals surface area (Å²) in [6.07, 6.45) is 2.00. The summed E-state index contributed by atoms with van der Waals surface area (Å²) in [7, 11) is 2.97. The summed E-state index contributed by atoms with van der Waals surface area (Å²) in [5, 5.41) is 2.84. The molecule has 1 aliphatic rings. The van der Waals surface area contributed by atoms with Gasteiger partial charge in [-0.25, -0.2) is 9.78 Å². The number of methoxy groups -OCH3 is 2. The number of carbonyl (C=O) groups excluding carboxylic acids is 2. The van der Waals surface area contributed by atoms with Crippen LogP contribution in [0.1, 0.15) is 34.0 Å². The number of benzene rings is 2. The maximum Gasteiger partial charge on any atom is 0.337 e. The van der Waals surface area contributed by atoms with Gasteiger partial charge in [0.2, 0.25) is 5.91 Å². The van der Waals surface area contributed by atoms with Crippen molar-refractivity contribution >= 4 is 17.7 Å². The van der Waals surface area contributed by atoms with Gasteiger partial charge in [0.1, 0.15) is 12.1 Å². The molecule has 1 aliphatic heterocycles. The van der Waals surface area contributed by atoms with Gasteiger partial charge in [-0.3, -0.25) is 4.79 Å². The van der Waals surface area contributed by atoms with Crippen LogP contribution in [0.3, 0.4) is 0 Å². The number of carbonyl (C=O) groups is 2. The number of fused-ring (bicyclic) bond motifs is 1. The third-order valence-electron chi connectivity index (χ3n) is 4.87. The number of imidazole rings is 1. The van der Waals surface area contributed by atoms with Crippen molar-refractivity contribution in [2.24, 2.45) is 0 Å². The highest BCUT2D eigenvalue weighted by atomic mass is 16.5. The second-order valence-corrected chi connectivity index (χ2v) is 6.46. The fourth-order valence-electron chi connectivity index (χ4n) is 3.45. The molecule has 0 radical (unpaired) electrons. The molecule has 142 valence electrons. The van der Waals surface area contributed by atoms with Crippen LogP contribution in [-0.4, -0.2) is 35.6 Å². The summed E-state index contributed by atoms with van der Waals surface area (Å²) < 4.78 is 11.9. The summed E-state index contributed by atoms with van der Waals surface area (Å²) >= 11 is 0. The minimum absolute atomic E-state index is 0.0884. The maximum absolute atomic E-state index is 12.2. The molecule has 4 rings (SSSR count). The Morgan fingerprint density at radius 2 is 1.82 bits per heavy atom. The van der Waals surface area contributed by atoms with E-state index in [2.05, 4.69) is 10.3 Å². The lowest BCUT2D eigenvalue weighted by Gasteiger charge is -2.25. The van der Waals surface area contributed by atoms with E-state index in [9.17, 15) is 9.59 Å². The van der Waals surface area contributed by atoms with Crippen LogP contribution < -0.4 is 10.1 Å². The van der Waals surface area contributed by atoms with Crippen LogP contribution in [0.4, 0.5) is 5.82 Å². The molecule has 1 N–H and O–H groups in total. The first-order valence-electron chi connectivity index (χ1n) is 8.80. The number of amides is 1. The van der Waals surface area contributed by atoms with Gasteiger partial charge in [-0.1, -0.05) is 12.1 Å². The second-order valence-electron chi connectivity index (χ2n) is 6.46. The SMILES string of the molecule is COC(=O)c1ccc(C2CC(=O)Nc3ncn(-c4ccc(OC)cc4)c32)cc1. The highest BCUT2D eigenvalue weighted by Gasteiger charge is 2.31. The predicted molar refractivity (Wildman–Crippen MR) is 103 cm³/mol. The van der Waals surface area contributed by atoms with E-state index in [4.69, 9.17) is 9.47 Å². The van der Waals surface area contributed by atoms with Gasteiger partial charge in [-0.2, -0.15) is 0 Å². The van der Waals surface area contributed by atoms with Gasteiger partial charge in [-0.05, 0) is 42.0 Å². The molecule has 1 aromatic heterocycles. The molecule has 7 nitrogen and oxygen atoms in total. The summed E-state index contributed by atoms with van der Waals surface area (Å²) in [6, 6.07) is 14.8. The lowest BCUT2D eigenvalue weighted by Crippen LogP contribution is -2.25.